The van der Waals surface area contributed by atoms with Gasteiger partial charge in [0.05, 0.1) is 21.8 Å². The Morgan fingerprint density at radius 3 is 2.29 bits per heavy atom. The van der Waals surface area contributed by atoms with Crippen molar-refractivity contribution in [1.29, 1.82) is 0 Å². The maximum atomic E-state index is 11.1. The standard InChI is InChI=1S/C7H8N2O7S/c1-5-2-3-6(8(10)11)4-7(5,9(12)13)17(14,15)16/h2-5H,1H3,(H,14,15,16). The SMILES string of the molecule is CC1C=CC([N+](=O)[O-])=CC1([N+](=O)[O-])S(=O)(=O)O. The first kappa shape index (κ1) is 13.3. The maximum Gasteiger partial charge on any atom is 0.373 e. The first-order chi connectivity index (χ1) is 7.63. The molecule has 0 spiro atoms. The number of hydrogen-bond donors (Lipinski definition) is 1. The van der Waals surface area contributed by atoms with Crippen molar-refractivity contribution in [2.24, 2.45) is 5.92 Å². The minimum Gasteiger partial charge on any atom is -0.280 e. The summed E-state index contributed by atoms with van der Waals surface area (Å²) in [4.78, 5) is 16.2. The van der Waals surface area contributed by atoms with Gasteiger partial charge in [0.2, 0.25) is 0 Å². The molecule has 0 saturated carbocycles. The van der Waals surface area contributed by atoms with Crippen molar-refractivity contribution >= 4 is 10.1 Å². The van der Waals surface area contributed by atoms with E-state index in [-0.39, 0.29) is 0 Å². The van der Waals surface area contributed by atoms with Crippen molar-refractivity contribution in [1.82, 2.24) is 0 Å². The Hall–Kier alpha value is -1.81. The average Bonchev–Trinajstić information content (AvgIpc) is 2.15. The Morgan fingerprint density at radius 1 is 1.41 bits per heavy atom. The number of nitro groups is 2. The van der Waals surface area contributed by atoms with E-state index < -0.39 is 36.5 Å². The smallest absolute Gasteiger partial charge is 0.280 e. The van der Waals surface area contributed by atoms with Crippen LogP contribution in [-0.2, 0) is 10.1 Å². The topological polar surface area (TPSA) is 141 Å². The van der Waals surface area contributed by atoms with Crippen LogP contribution in [0.2, 0.25) is 0 Å². The Kier molecular flexibility index (Phi) is 3.03. The second kappa shape index (κ2) is 3.89. The second-order valence-electron chi connectivity index (χ2n) is 3.46. The average molecular weight is 264 g/mol. The zero-order chi connectivity index (χ0) is 13.4. The van der Waals surface area contributed by atoms with E-state index in [1.807, 2.05) is 0 Å². The van der Waals surface area contributed by atoms with E-state index in [1.54, 1.807) is 0 Å². The van der Waals surface area contributed by atoms with Gasteiger partial charge in [0, 0.05) is 6.08 Å². The summed E-state index contributed by atoms with van der Waals surface area (Å²) in [7, 11) is -5.13. The van der Waals surface area contributed by atoms with Crippen molar-refractivity contribution in [3.05, 3.63) is 44.2 Å². The molecule has 94 valence electrons. The molecule has 0 aromatic rings. The summed E-state index contributed by atoms with van der Waals surface area (Å²) in [5.41, 5.74) is -0.752. The van der Waals surface area contributed by atoms with Crippen LogP contribution in [0.4, 0.5) is 0 Å². The molecule has 10 heteroatoms. The van der Waals surface area contributed by atoms with Gasteiger partial charge in [-0.1, -0.05) is 13.0 Å². The van der Waals surface area contributed by atoms with Crippen LogP contribution in [0.3, 0.4) is 0 Å². The zero-order valence-corrected chi connectivity index (χ0v) is 9.33. The van der Waals surface area contributed by atoms with E-state index in [2.05, 4.69) is 0 Å². The minimum absolute atomic E-state index is 0.340. The van der Waals surface area contributed by atoms with E-state index in [0.717, 1.165) is 12.2 Å². The van der Waals surface area contributed by atoms with Crippen molar-refractivity contribution in [2.45, 2.75) is 11.8 Å². The lowest BCUT2D eigenvalue weighted by molar-refractivity contribution is -0.537. The molecular weight excluding hydrogens is 256 g/mol. The molecule has 0 saturated heterocycles. The molecule has 2 unspecified atom stereocenters. The lowest BCUT2D eigenvalue weighted by atomic mass is 9.95. The molecule has 1 aliphatic carbocycles. The molecule has 9 nitrogen and oxygen atoms in total. The molecule has 0 bridgehead atoms. The molecule has 1 rings (SSSR count). The lowest BCUT2D eigenvalue weighted by Gasteiger charge is -2.24. The van der Waals surface area contributed by atoms with Crippen LogP contribution in [0.15, 0.2) is 23.9 Å². The second-order valence-corrected chi connectivity index (χ2v) is 5.06. The predicted octanol–water partition coefficient (Wildman–Crippen LogP) is 0.214. The van der Waals surface area contributed by atoms with Crippen molar-refractivity contribution < 1.29 is 22.8 Å². The first-order valence-electron chi connectivity index (χ1n) is 4.30. The molecule has 2 atom stereocenters. The van der Waals surface area contributed by atoms with E-state index in [9.17, 15) is 28.6 Å². The van der Waals surface area contributed by atoms with Gasteiger partial charge >= 0.3 is 15.0 Å². The highest BCUT2D eigenvalue weighted by Gasteiger charge is 2.60. The third kappa shape index (κ3) is 1.91. The van der Waals surface area contributed by atoms with Gasteiger partial charge in [-0.3, -0.25) is 24.8 Å². The number of nitrogens with zero attached hydrogens (tertiary/aromatic N) is 2. The zero-order valence-electron chi connectivity index (χ0n) is 8.51. The molecular formula is C7H8N2O7S. The van der Waals surface area contributed by atoms with Gasteiger partial charge in [-0.05, 0) is 0 Å². The van der Waals surface area contributed by atoms with Crippen LogP contribution in [0, 0.1) is 26.1 Å². The molecule has 0 heterocycles. The summed E-state index contributed by atoms with van der Waals surface area (Å²) < 4.78 is 31.2. The highest BCUT2D eigenvalue weighted by molar-refractivity contribution is 7.87. The normalized spacial score (nSPS) is 28.6. The number of allylic oxidation sites excluding steroid dienone is 1. The van der Waals surface area contributed by atoms with Crippen LogP contribution in [-0.4, -0.2) is 27.7 Å². The number of rotatable bonds is 3. The molecule has 0 aliphatic heterocycles. The maximum absolute atomic E-state index is 11.1. The molecule has 1 N–H and O–H groups in total. The number of hydrogen-bond acceptors (Lipinski definition) is 6. The Morgan fingerprint density at radius 2 is 1.94 bits per heavy atom. The minimum atomic E-state index is -5.13. The van der Waals surface area contributed by atoms with Gasteiger partial charge in [0.15, 0.2) is 0 Å². The van der Waals surface area contributed by atoms with E-state index in [0.29, 0.717) is 6.08 Å². The summed E-state index contributed by atoms with van der Waals surface area (Å²) in [6, 6.07) is 0. The van der Waals surface area contributed by atoms with Crippen LogP contribution in [0.25, 0.3) is 0 Å². The van der Waals surface area contributed by atoms with Crippen molar-refractivity contribution in [3.63, 3.8) is 0 Å². The van der Waals surface area contributed by atoms with Gasteiger partial charge in [0.25, 0.3) is 5.70 Å². The fraction of sp³-hybridized carbons (Fsp3) is 0.429. The third-order valence-corrected chi connectivity index (χ3v) is 3.94. The Bertz CT molecular complexity index is 534. The van der Waals surface area contributed by atoms with Gasteiger partial charge in [-0.25, -0.2) is 0 Å². The largest absolute Gasteiger partial charge is 0.373 e. The van der Waals surface area contributed by atoms with E-state index >= 15 is 0 Å². The molecule has 0 radical (unpaired) electrons. The quantitative estimate of drug-likeness (QED) is 0.436. The summed E-state index contributed by atoms with van der Waals surface area (Å²) in [6.07, 6.45) is 2.29. The van der Waals surface area contributed by atoms with Crippen LogP contribution >= 0.6 is 0 Å². The van der Waals surface area contributed by atoms with Crippen molar-refractivity contribution in [2.75, 3.05) is 0 Å². The molecule has 0 aromatic heterocycles. The lowest BCUT2D eigenvalue weighted by Crippen LogP contribution is -2.50. The van der Waals surface area contributed by atoms with Gasteiger partial charge in [0.1, 0.15) is 0 Å². The Balaban J connectivity index is 3.56. The summed E-state index contributed by atoms with van der Waals surface area (Å²) >= 11 is 0. The predicted molar refractivity (Wildman–Crippen MR) is 54.7 cm³/mol. The molecule has 0 aromatic carbocycles. The van der Waals surface area contributed by atoms with Gasteiger partial charge in [-0.2, -0.15) is 8.42 Å². The molecule has 0 amide bonds. The Labute approximate surface area is 95.5 Å². The monoisotopic (exact) mass is 264 g/mol. The third-order valence-electron chi connectivity index (χ3n) is 2.47. The van der Waals surface area contributed by atoms with Crippen LogP contribution in [0.1, 0.15) is 6.92 Å². The summed E-state index contributed by atoms with van der Waals surface area (Å²) in [5, 5.41) is 21.4. The summed E-state index contributed by atoms with van der Waals surface area (Å²) in [6.45, 7) is 1.17. The fourth-order valence-corrected chi connectivity index (χ4v) is 2.51. The van der Waals surface area contributed by atoms with Crippen LogP contribution < -0.4 is 0 Å². The van der Waals surface area contributed by atoms with Crippen molar-refractivity contribution in [3.8, 4) is 0 Å². The molecule has 1 aliphatic rings. The van der Waals surface area contributed by atoms with E-state index in [1.165, 1.54) is 6.92 Å². The highest BCUT2D eigenvalue weighted by atomic mass is 32.2. The molecule has 0 fully saturated rings. The van der Waals surface area contributed by atoms with Gasteiger partial charge < -0.3 is 0 Å². The van der Waals surface area contributed by atoms with Gasteiger partial charge in [-0.15, -0.1) is 0 Å². The van der Waals surface area contributed by atoms with Crippen LogP contribution in [0.5, 0.6) is 0 Å². The van der Waals surface area contributed by atoms with E-state index in [4.69, 9.17) is 4.55 Å². The highest BCUT2D eigenvalue weighted by Crippen LogP contribution is 2.34. The fourth-order valence-electron chi connectivity index (χ4n) is 1.51. The summed E-state index contributed by atoms with van der Waals surface area (Å²) in [5.74, 6) is -1.23. The first-order valence-corrected chi connectivity index (χ1v) is 5.74. The molecule has 17 heavy (non-hydrogen) atoms.